The van der Waals surface area contributed by atoms with Gasteiger partial charge in [-0.15, -0.1) is 0 Å². The zero-order valence-corrected chi connectivity index (χ0v) is 11.3. The van der Waals surface area contributed by atoms with Crippen LogP contribution in [0.15, 0.2) is 41.1 Å². The number of aryl methyl sites for hydroxylation is 1. The predicted molar refractivity (Wildman–Crippen MR) is 75.6 cm³/mol. The van der Waals surface area contributed by atoms with Crippen molar-refractivity contribution in [2.75, 3.05) is 6.54 Å². The first kappa shape index (κ1) is 12.3. The lowest BCUT2D eigenvalue weighted by Crippen LogP contribution is -2.22. The van der Waals surface area contributed by atoms with Gasteiger partial charge in [-0.25, -0.2) is 0 Å². The Morgan fingerprint density at radius 2 is 2.18 bits per heavy atom. The molecule has 0 spiro atoms. The minimum absolute atomic E-state index is 0.438. The van der Waals surface area contributed by atoms with E-state index in [0.717, 1.165) is 13.0 Å². The molecule has 1 N–H and O–H groups in total. The van der Waals surface area contributed by atoms with Gasteiger partial charge in [0.15, 0.2) is 0 Å². The number of hydrogen-bond donors (Lipinski definition) is 1. The van der Waals surface area contributed by atoms with E-state index in [1.165, 1.54) is 16.7 Å². The fourth-order valence-corrected chi connectivity index (χ4v) is 2.82. The highest BCUT2D eigenvalue weighted by Gasteiger charge is 2.11. The van der Waals surface area contributed by atoms with Gasteiger partial charge in [0.05, 0.1) is 0 Å². The molecule has 0 saturated carbocycles. The second-order valence-corrected chi connectivity index (χ2v) is 5.14. The molecule has 1 aromatic carbocycles. The van der Waals surface area contributed by atoms with Crippen molar-refractivity contribution in [2.24, 2.45) is 0 Å². The molecule has 0 fully saturated rings. The fourth-order valence-electron chi connectivity index (χ4n) is 2.10. The van der Waals surface area contributed by atoms with Crippen LogP contribution >= 0.6 is 11.3 Å². The molecule has 0 bridgehead atoms. The maximum absolute atomic E-state index is 3.56. The maximum Gasteiger partial charge on any atom is 0.0369 e. The van der Waals surface area contributed by atoms with Crippen LogP contribution in [0.4, 0.5) is 0 Å². The van der Waals surface area contributed by atoms with Crippen molar-refractivity contribution in [3.05, 3.63) is 57.8 Å². The van der Waals surface area contributed by atoms with Gasteiger partial charge in [0, 0.05) is 6.04 Å². The summed E-state index contributed by atoms with van der Waals surface area (Å²) in [6, 6.07) is 11.4. The first-order valence-corrected chi connectivity index (χ1v) is 7.05. The standard InChI is InChI=1S/C15H19NS/c1-3-16-15(14-7-8-17-11-14)10-13-6-4-5-12(2)9-13/h4-9,11,15-16H,3,10H2,1-2H3. The van der Waals surface area contributed by atoms with Crippen LogP contribution in [0.5, 0.6) is 0 Å². The third-order valence-corrected chi connectivity index (χ3v) is 3.62. The zero-order chi connectivity index (χ0) is 12.1. The smallest absolute Gasteiger partial charge is 0.0369 e. The minimum Gasteiger partial charge on any atom is -0.310 e. The second kappa shape index (κ2) is 5.99. The summed E-state index contributed by atoms with van der Waals surface area (Å²) < 4.78 is 0. The lowest BCUT2D eigenvalue weighted by atomic mass is 10.00. The molecule has 0 aliphatic rings. The molecule has 0 saturated heterocycles. The molecule has 0 aliphatic carbocycles. The Labute approximate surface area is 108 Å². The molecule has 2 rings (SSSR count). The summed E-state index contributed by atoms with van der Waals surface area (Å²) >= 11 is 1.77. The van der Waals surface area contributed by atoms with Gasteiger partial charge in [-0.2, -0.15) is 11.3 Å². The van der Waals surface area contributed by atoms with E-state index in [2.05, 4.69) is 60.3 Å². The van der Waals surface area contributed by atoms with Gasteiger partial charge in [0.25, 0.3) is 0 Å². The van der Waals surface area contributed by atoms with E-state index in [0.29, 0.717) is 6.04 Å². The average molecular weight is 245 g/mol. The maximum atomic E-state index is 3.56. The Bertz CT molecular complexity index is 448. The van der Waals surface area contributed by atoms with Crippen molar-refractivity contribution in [3.8, 4) is 0 Å². The number of likely N-dealkylation sites (N-methyl/N-ethyl adjacent to an activating group) is 1. The van der Waals surface area contributed by atoms with Crippen LogP contribution in [-0.4, -0.2) is 6.54 Å². The molecule has 2 heteroatoms. The summed E-state index contributed by atoms with van der Waals surface area (Å²) in [4.78, 5) is 0. The predicted octanol–water partition coefficient (Wildman–Crippen LogP) is 3.95. The molecule has 1 heterocycles. The van der Waals surface area contributed by atoms with Crippen LogP contribution in [0.25, 0.3) is 0 Å². The fraction of sp³-hybridized carbons (Fsp3) is 0.333. The molecule has 1 atom stereocenters. The lowest BCUT2D eigenvalue weighted by molar-refractivity contribution is 0.551. The van der Waals surface area contributed by atoms with Crippen molar-refractivity contribution in [1.29, 1.82) is 0 Å². The number of thiophene rings is 1. The Morgan fingerprint density at radius 1 is 1.29 bits per heavy atom. The van der Waals surface area contributed by atoms with E-state index in [9.17, 15) is 0 Å². The molecular formula is C15H19NS. The van der Waals surface area contributed by atoms with Crippen LogP contribution in [0.3, 0.4) is 0 Å². The number of hydrogen-bond acceptors (Lipinski definition) is 2. The van der Waals surface area contributed by atoms with Gasteiger partial charge < -0.3 is 5.32 Å². The highest BCUT2D eigenvalue weighted by molar-refractivity contribution is 7.07. The van der Waals surface area contributed by atoms with Gasteiger partial charge in [0.2, 0.25) is 0 Å². The quantitative estimate of drug-likeness (QED) is 0.841. The van der Waals surface area contributed by atoms with Crippen LogP contribution in [-0.2, 0) is 6.42 Å². The highest BCUT2D eigenvalue weighted by Crippen LogP contribution is 2.21. The summed E-state index contributed by atoms with van der Waals surface area (Å²) in [5, 5.41) is 7.95. The third kappa shape index (κ3) is 3.42. The normalized spacial score (nSPS) is 12.6. The van der Waals surface area contributed by atoms with E-state index in [1.54, 1.807) is 11.3 Å². The van der Waals surface area contributed by atoms with E-state index in [1.807, 2.05) is 0 Å². The molecule has 2 aromatic rings. The Hall–Kier alpha value is -1.12. The Balaban J connectivity index is 2.13. The molecule has 0 amide bonds. The Kier molecular flexibility index (Phi) is 4.35. The van der Waals surface area contributed by atoms with Crippen molar-refractivity contribution in [1.82, 2.24) is 5.32 Å². The first-order valence-electron chi connectivity index (χ1n) is 6.10. The molecule has 0 radical (unpaired) electrons. The minimum atomic E-state index is 0.438. The van der Waals surface area contributed by atoms with Gasteiger partial charge in [-0.3, -0.25) is 0 Å². The van der Waals surface area contributed by atoms with E-state index in [-0.39, 0.29) is 0 Å². The van der Waals surface area contributed by atoms with Crippen molar-refractivity contribution >= 4 is 11.3 Å². The SMILES string of the molecule is CCNC(Cc1cccc(C)c1)c1ccsc1. The van der Waals surface area contributed by atoms with Crippen LogP contribution < -0.4 is 5.32 Å². The molecule has 1 aromatic heterocycles. The van der Waals surface area contributed by atoms with Crippen molar-refractivity contribution < 1.29 is 0 Å². The van der Waals surface area contributed by atoms with Crippen LogP contribution in [0.2, 0.25) is 0 Å². The van der Waals surface area contributed by atoms with Gasteiger partial charge in [0.1, 0.15) is 0 Å². The van der Waals surface area contributed by atoms with Crippen molar-refractivity contribution in [3.63, 3.8) is 0 Å². The summed E-state index contributed by atoms with van der Waals surface area (Å²) in [5.41, 5.74) is 4.14. The third-order valence-electron chi connectivity index (χ3n) is 2.92. The Morgan fingerprint density at radius 3 is 2.82 bits per heavy atom. The largest absolute Gasteiger partial charge is 0.310 e. The topological polar surface area (TPSA) is 12.0 Å². The van der Waals surface area contributed by atoms with Gasteiger partial charge in [-0.05, 0) is 47.8 Å². The average Bonchev–Trinajstić information content (AvgIpc) is 2.82. The molecule has 17 heavy (non-hydrogen) atoms. The first-order chi connectivity index (χ1) is 8.29. The zero-order valence-electron chi connectivity index (χ0n) is 10.4. The van der Waals surface area contributed by atoms with E-state index in [4.69, 9.17) is 0 Å². The lowest BCUT2D eigenvalue weighted by Gasteiger charge is -2.17. The summed E-state index contributed by atoms with van der Waals surface area (Å²) in [7, 11) is 0. The summed E-state index contributed by atoms with van der Waals surface area (Å²) in [6.45, 7) is 5.32. The number of benzene rings is 1. The van der Waals surface area contributed by atoms with Gasteiger partial charge >= 0.3 is 0 Å². The van der Waals surface area contributed by atoms with E-state index < -0.39 is 0 Å². The molecule has 1 unspecified atom stereocenters. The molecular weight excluding hydrogens is 226 g/mol. The van der Waals surface area contributed by atoms with Crippen LogP contribution in [0.1, 0.15) is 29.7 Å². The van der Waals surface area contributed by atoms with Crippen LogP contribution in [0, 0.1) is 6.92 Å². The number of rotatable bonds is 5. The molecule has 0 aliphatic heterocycles. The van der Waals surface area contributed by atoms with E-state index >= 15 is 0 Å². The highest BCUT2D eigenvalue weighted by atomic mass is 32.1. The van der Waals surface area contributed by atoms with Crippen molar-refractivity contribution in [2.45, 2.75) is 26.3 Å². The number of nitrogens with one attached hydrogen (secondary N) is 1. The summed E-state index contributed by atoms with van der Waals surface area (Å²) in [6.07, 6.45) is 1.06. The van der Waals surface area contributed by atoms with Gasteiger partial charge in [-0.1, -0.05) is 36.8 Å². The monoisotopic (exact) mass is 245 g/mol. The molecule has 1 nitrogen and oxygen atoms in total. The second-order valence-electron chi connectivity index (χ2n) is 4.36. The summed E-state index contributed by atoms with van der Waals surface area (Å²) in [5.74, 6) is 0. The molecule has 90 valence electrons.